The summed E-state index contributed by atoms with van der Waals surface area (Å²) in [6, 6.07) is 4.17. The zero-order valence-electron chi connectivity index (χ0n) is 8.72. The summed E-state index contributed by atoms with van der Waals surface area (Å²) in [4.78, 5) is 0. The predicted molar refractivity (Wildman–Crippen MR) is 54.6 cm³/mol. The summed E-state index contributed by atoms with van der Waals surface area (Å²) in [6.45, 7) is 4.09. The van der Waals surface area contributed by atoms with Crippen molar-refractivity contribution in [1.82, 2.24) is 5.32 Å². The molecule has 0 aliphatic carbocycles. The highest BCUT2D eigenvalue weighted by atomic mass is 19.2. The highest BCUT2D eigenvalue weighted by Gasteiger charge is 2.06. The van der Waals surface area contributed by atoms with Crippen LogP contribution in [0.5, 0.6) is 0 Å². The lowest BCUT2D eigenvalue weighted by atomic mass is 10.2. The molecule has 0 unspecified atom stereocenters. The summed E-state index contributed by atoms with van der Waals surface area (Å²) in [7, 11) is 0. The van der Waals surface area contributed by atoms with Gasteiger partial charge in [-0.25, -0.2) is 8.78 Å². The van der Waals surface area contributed by atoms with E-state index in [0.717, 1.165) is 6.07 Å². The molecule has 0 atom stereocenters. The second kappa shape index (κ2) is 6.48. The van der Waals surface area contributed by atoms with E-state index in [1.54, 1.807) is 6.07 Å². The van der Waals surface area contributed by atoms with E-state index in [9.17, 15) is 8.78 Å². The molecule has 0 fully saturated rings. The van der Waals surface area contributed by atoms with Crippen LogP contribution in [-0.4, -0.2) is 19.8 Å². The van der Waals surface area contributed by atoms with E-state index in [1.165, 1.54) is 6.07 Å². The van der Waals surface area contributed by atoms with Gasteiger partial charge in [-0.15, -0.1) is 0 Å². The van der Waals surface area contributed by atoms with Crippen LogP contribution in [0.15, 0.2) is 18.2 Å². The van der Waals surface area contributed by atoms with Crippen molar-refractivity contribution in [3.05, 3.63) is 35.4 Å². The van der Waals surface area contributed by atoms with E-state index in [2.05, 4.69) is 5.32 Å². The van der Waals surface area contributed by atoms with Crippen molar-refractivity contribution in [3.63, 3.8) is 0 Å². The van der Waals surface area contributed by atoms with Crippen molar-refractivity contribution in [3.8, 4) is 0 Å². The number of hydrogen-bond acceptors (Lipinski definition) is 2. The largest absolute Gasteiger partial charge is 0.380 e. The maximum Gasteiger partial charge on any atom is 0.163 e. The van der Waals surface area contributed by atoms with E-state index < -0.39 is 11.6 Å². The first-order chi connectivity index (χ1) is 7.25. The lowest BCUT2D eigenvalue weighted by Crippen LogP contribution is -2.20. The molecule has 4 heteroatoms. The smallest absolute Gasteiger partial charge is 0.163 e. The minimum Gasteiger partial charge on any atom is -0.380 e. The number of rotatable bonds is 6. The Kier molecular flexibility index (Phi) is 5.21. The molecule has 0 aliphatic rings. The molecular formula is C11H15F2NO. The Hall–Kier alpha value is -1.00. The SMILES string of the molecule is CCOCCNCc1cccc(F)c1F. The van der Waals surface area contributed by atoms with Crippen LogP contribution in [-0.2, 0) is 11.3 Å². The first-order valence-corrected chi connectivity index (χ1v) is 4.97. The van der Waals surface area contributed by atoms with Crippen LogP contribution in [0.25, 0.3) is 0 Å². The molecule has 1 N–H and O–H groups in total. The average molecular weight is 215 g/mol. The van der Waals surface area contributed by atoms with E-state index in [1.807, 2.05) is 6.92 Å². The van der Waals surface area contributed by atoms with Gasteiger partial charge in [0.25, 0.3) is 0 Å². The maximum atomic E-state index is 13.1. The summed E-state index contributed by atoms with van der Waals surface area (Å²) >= 11 is 0. The fourth-order valence-electron chi connectivity index (χ4n) is 1.20. The standard InChI is InChI=1S/C11H15F2NO/c1-2-15-7-6-14-8-9-4-3-5-10(12)11(9)13/h3-5,14H,2,6-8H2,1H3. The van der Waals surface area contributed by atoms with Gasteiger partial charge < -0.3 is 10.1 Å². The summed E-state index contributed by atoms with van der Waals surface area (Å²) in [5.74, 6) is -1.58. The molecule has 0 bridgehead atoms. The molecule has 2 nitrogen and oxygen atoms in total. The molecule has 0 amide bonds. The van der Waals surface area contributed by atoms with E-state index in [-0.39, 0.29) is 0 Å². The van der Waals surface area contributed by atoms with Crippen molar-refractivity contribution in [2.75, 3.05) is 19.8 Å². The predicted octanol–water partition coefficient (Wildman–Crippen LogP) is 2.09. The molecule has 0 aromatic heterocycles. The topological polar surface area (TPSA) is 21.3 Å². The third-order valence-electron chi connectivity index (χ3n) is 1.97. The molecule has 0 heterocycles. The normalized spacial score (nSPS) is 10.6. The number of ether oxygens (including phenoxy) is 1. The maximum absolute atomic E-state index is 13.1. The van der Waals surface area contributed by atoms with E-state index in [0.29, 0.717) is 31.9 Å². The Morgan fingerprint density at radius 1 is 1.33 bits per heavy atom. The monoisotopic (exact) mass is 215 g/mol. The van der Waals surface area contributed by atoms with Crippen LogP contribution < -0.4 is 5.32 Å². The first kappa shape index (κ1) is 12.1. The minimum absolute atomic E-state index is 0.316. The molecule has 1 rings (SSSR count). The van der Waals surface area contributed by atoms with Crippen LogP contribution in [0, 0.1) is 11.6 Å². The Bertz CT molecular complexity index is 305. The Labute approximate surface area is 88.3 Å². The third-order valence-corrected chi connectivity index (χ3v) is 1.97. The van der Waals surface area contributed by atoms with Gasteiger partial charge in [-0.05, 0) is 13.0 Å². The van der Waals surface area contributed by atoms with Gasteiger partial charge in [-0.1, -0.05) is 12.1 Å². The van der Waals surface area contributed by atoms with Crippen LogP contribution in [0.3, 0.4) is 0 Å². The minimum atomic E-state index is -0.806. The molecular weight excluding hydrogens is 200 g/mol. The number of hydrogen-bond donors (Lipinski definition) is 1. The van der Waals surface area contributed by atoms with Gasteiger partial charge in [0.2, 0.25) is 0 Å². The summed E-state index contributed by atoms with van der Waals surface area (Å²) < 4.78 is 31.0. The quantitative estimate of drug-likeness (QED) is 0.734. The van der Waals surface area contributed by atoms with Gasteiger partial charge in [-0.2, -0.15) is 0 Å². The molecule has 84 valence electrons. The van der Waals surface area contributed by atoms with Gasteiger partial charge >= 0.3 is 0 Å². The highest BCUT2D eigenvalue weighted by Crippen LogP contribution is 2.10. The molecule has 0 radical (unpaired) electrons. The zero-order chi connectivity index (χ0) is 11.1. The number of nitrogens with one attached hydrogen (secondary N) is 1. The lowest BCUT2D eigenvalue weighted by molar-refractivity contribution is 0.149. The Morgan fingerprint density at radius 2 is 2.13 bits per heavy atom. The van der Waals surface area contributed by atoms with Gasteiger partial charge in [0, 0.05) is 25.3 Å². The van der Waals surface area contributed by atoms with Crippen molar-refractivity contribution in [2.24, 2.45) is 0 Å². The van der Waals surface area contributed by atoms with Crippen LogP contribution >= 0.6 is 0 Å². The van der Waals surface area contributed by atoms with Gasteiger partial charge in [0.05, 0.1) is 6.61 Å². The van der Waals surface area contributed by atoms with E-state index in [4.69, 9.17) is 4.74 Å². The van der Waals surface area contributed by atoms with Crippen molar-refractivity contribution in [2.45, 2.75) is 13.5 Å². The molecule has 1 aromatic carbocycles. The van der Waals surface area contributed by atoms with Gasteiger partial charge in [0.1, 0.15) is 0 Å². The molecule has 0 spiro atoms. The average Bonchev–Trinajstić information content (AvgIpc) is 2.24. The van der Waals surface area contributed by atoms with Crippen molar-refractivity contribution >= 4 is 0 Å². The third kappa shape index (κ3) is 3.93. The molecule has 0 saturated heterocycles. The zero-order valence-corrected chi connectivity index (χ0v) is 8.72. The molecule has 1 aromatic rings. The molecule has 0 saturated carbocycles. The van der Waals surface area contributed by atoms with Crippen molar-refractivity contribution < 1.29 is 13.5 Å². The number of halogens is 2. The second-order valence-electron chi connectivity index (χ2n) is 3.09. The van der Waals surface area contributed by atoms with Crippen molar-refractivity contribution in [1.29, 1.82) is 0 Å². The molecule has 0 aliphatic heterocycles. The second-order valence-corrected chi connectivity index (χ2v) is 3.09. The highest BCUT2D eigenvalue weighted by molar-refractivity contribution is 5.18. The summed E-state index contributed by atoms with van der Waals surface area (Å²) in [5.41, 5.74) is 0.339. The van der Waals surface area contributed by atoms with Crippen LogP contribution in [0.1, 0.15) is 12.5 Å². The lowest BCUT2D eigenvalue weighted by Gasteiger charge is -2.06. The number of benzene rings is 1. The molecule has 15 heavy (non-hydrogen) atoms. The van der Waals surface area contributed by atoms with Crippen LogP contribution in [0.4, 0.5) is 8.78 Å². The Morgan fingerprint density at radius 3 is 2.87 bits per heavy atom. The summed E-state index contributed by atoms with van der Waals surface area (Å²) in [6.07, 6.45) is 0. The van der Waals surface area contributed by atoms with Gasteiger partial charge in [-0.3, -0.25) is 0 Å². The van der Waals surface area contributed by atoms with E-state index >= 15 is 0 Å². The first-order valence-electron chi connectivity index (χ1n) is 4.97. The van der Waals surface area contributed by atoms with Crippen LogP contribution in [0.2, 0.25) is 0 Å². The Balaban J connectivity index is 2.34. The summed E-state index contributed by atoms with van der Waals surface area (Å²) in [5, 5.41) is 2.97. The van der Waals surface area contributed by atoms with Gasteiger partial charge in [0.15, 0.2) is 11.6 Å². The fourth-order valence-corrected chi connectivity index (χ4v) is 1.20. The fraction of sp³-hybridized carbons (Fsp3) is 0.455.